The minimum absolute atomic E-state index is 0.218. The lowest BCUT2D eigenvalue weighted by Gasteiger charge is -2.20. The Balaban J connectivity index is 2.03. The fourth-order valence-electron chi connectivity index (χ4n) is 2.52. The number of imide groups is 1. The Labute approximate surface area is 109 Å². The van der Waals surface area contributed by atoms with Gasteiger partial charge in [0, 0.05) is 29.1 Å². The number of aromatic nitrogens is 1. The smallest absolute Gasteiger partial charge is 0.234 e. The van der Waals surface area contributed by atoms with Crippen molar-refractivity contribution in [2.24, 2.45) is 0 Å². The Morgan fingerprint density at radius 1 is 1.26 bits per heavy atom. The molecule has 1 unspecified atom stereocenters. The molecule has 19 heavy (non-hydrogen) atoms. The highest BCUT2D eigenvalue weighted by Gasteiger charge is 2.29. The largest absolute Gasteiger partial charge is 0.361 e. The lowest BCUT2D eigenvalue weighted by atomic mass is 9.90. The van der Waals surface area contributed by atoms with E-state index in [1.54, 1.807) is 18.3 Å². The standard InChI is InChI=1S/C14H12N2O3/c17-7-8-1-2-9-11(6-15-12(9)5-8)10-3-4-13(18)16-14(10)19/h1-2,5-7,10,15H,3-4H2,(H,16,18,19). The van der Waals surface area contributed by atoms with Gasteiger partial charge in [0.05, 0.1) is 5.92 Å². The van der Waals surface area contributed by atoms with Crippen LogP contribution in [-0.2, 0) is 9.59 Å². The van der Waals surface area contributed by atoms with Crippen molar-refractivity contribution in [2.75, 3.05) is 0 Å². The summed E-state index contributed by atoms with van der Waals surface area (Å²) in [5.74, 6) is -0.783. The summed E-state index contributed by atoms with van der Waals surface area (Å²) in [6, 6.07) is 5.30. The van der Waals surface area contributed by atoms with E-state index in [4.69, 9.17) is 0 Å². The summed E-state index contributed by atoms with van der Waals surface area (Å²) in [6.07, 6.45) is 3.44. The van der Waals surface area contributed by atoms with Crippen molar-refractivity contribution in [3.8, 4) is 0 Å². The second-order valence-corrected chi connectivity index (χ2v) is 4.67. The third-order valence-electron chi connectivity index (χ3n) is 3.49. The Hall–Kier alpha value is -2.43. The SMILES string of the molecule is O=Cc1ccc2c(C3CCC(=O)NC3=O)c[nH]c2c1. The molecular weight excluding hydrogens is 244 g/mol. The van der Waals surface area contributed by atoms with Gasteiger partial charge in [0.25, 0.3) is 0 Å². The summed E-state index contributed by atoms with van der Waals surface area (Å²) in [5, 5.41) is 3.27. The minimum atomic E-state index is -0.312. The van der Waals surface area contributed by atoms with Crippen LogP contribution in [0.1, 0.15) is 34.7 Å². The number of rotatable bonds is 2. The summed E-state index contributed by atoms with van der Waals surface area (Å²) < 4.78 is 0. The average molecular weight is 256 g/mol. The fourth-order valence-corrected chi connectivity index (χ4v) is 2.52. The van der Waals surface area contributed by atoms with E-state index in [0.717, 1.165) is 22.8 Å². The molecule has 96 valence electrons. The van der Waals surface area contributed by atoms with Crippen LogP contribution in [0.4, 0.5) is 0 Å². The lowest BCUT2D eigenvalue weighted by Crippen LogP contribution is -2.39. The fraction of sp³-hybridized carbons (Fsp3) is 0.214. The molecule has 0 spiro atoms. The zero-order chi connectivity index (χ0) is 13.4. The predicted octanol–water partition coefficient (Wildman–Crippen LogP) is 1.50. The molecule has 5 heteroatoms. The maximum atomic E-state index is 11.9. The average Bonchev–Trinajstić information content (AvgIpc) is 2.81. The van der Waals surface area contributed by atoms with E-state index in [1.807, 2.05) is 6.07 Å². The molecule has 5 nitrogen and oxygen atoms in total. The number of aromatic amines is 1. The van der Waals surface area contributed by atoms with Crippen LogP contribution in [0.15, 0.2) is 24.4 Å². The third kappa shape index (κ3) is 1.93. The monoisotopic (exact) mass is 256 g/mol. The van der Waals surface area contributed by atoms with E-state index in [0.29, 0.717) is 18.4 Å². The maximum Gasteiger partial charge on any atom is 0.234 e. The molecule has 1 fully saturated rings. The van der Waals surface area contributed by atoms with Gasteiger partial charge in [0.2, 0.25) is 11.8 Å². The van der Waals surface area contributed by atoms with Gasteiger partial charge in [-0.25, -0.2) is 0 Å². The molecule has 1 saturated heterocycles. The number of carbonyl (C=O) groups is 3. The molecule has 1 aromatic heterocycles. The lowest BCUT2D eigenvalue weighted by molar-refractivity contribution is -0.134. The number of nitrogens with one attached hydrogen (secondary N) is 2. The maximum absolute atomic E-state index is 11.9. The molecule has 1 aliphatic rings. The Morgan fingerprint density at radius 2 is 2.11 bits per heavy atom. The Bertz CT molecular complexity index is 687. The molecule has 2 aromatic rings. The molecule has 2 heterocycles. The van der Waals surface area contributed by atoms with Crippen molar-refractivity contribution in [1.82, 2.24) is 10.3 Å². The second-order valence-electron chi connectivity index (χ2n) is 4.67. The van der Waals surface area contributed by atoms with Crippen LogP contribution in [-0.4, -0.2) is 23.1 Å². The first-order valence-electron chi connectivity index (χ1n) is 6.09. The first kappa shape index (κ1) is 11.6. The summed E-state index contributed by atoms with van der Waals surface area (Å²) in [5.41, 5.74) is 2.28. The van der Waals surface area contributed by atoms with Gasteiger partial charge >= 0.3 is 0 Å². The van der Waals surface area contributed by atoms with Gasteiger partial charge in [-0.1, -0.05) is 12.1 Å². The van der Waals surface area contributed by atoms with Crippen molar-refractivity contribution >= 4 is 29.0 Å². The van der Waals surface area contributed by atoms with Crippen LogP contribution in [0, 0.1) is 0 Å². The van der Waals surface area contributed by atoms with Crippen LogP contribution in [0.2, 0.25) is 0 Å². The number of H-pyrrole nitrogens is 1. The number of hydrogen-bond acceptors (Lipinski definition) is 3. The van der Waals surface area contributed by atoms with Gasteiger partial charge in [-0.2, -0.15) is 0 Å². The van der Waals surface area contributed by atoms with Gasteiger partial charge < -0.3 is 4.98 Å². The summed E-state index contributed by atoms with van der Waals surface area (Å²) in [7, 11) is 0. The summed E-state index contributed by atoms with van der Waals surface area (Å²) in [4.78, 5) is 36.8. The van der Waals surface area contributed by atoms with E-state index >= 15 is 0 Å². The number of aldehydes is 1. The summed E-state index contributed by atoms with van der Waals surface area (Å²) >= 11 is 0. The number of fused-ring (bicyclic) bond motifs is 1. The predicted molar refractivity (Wildman–Crippen MR) is 68.8 cm³/mol. The number of amides is 2. The van der Waals surface area contributed by atoms with Gasteiger partial charge in [-0.15, -0.1) is 0 Å². The van der Waals surface area contributed by atoms with Gasteiger partial charge in [0.15, 0.2) is 0 Å². The molecule has 0 saturated carbocycles. The van der Waals surface area contributed by atoms with Crippen LogP contribution >= 0.6 is 0 Å². The summed E-state index contributed by atoms with van der Waals surface area (Å²) in [6.45, 7) is 0. The molecule has 0 aliphatic carbocycles. The molecule has 3 rings (SSSR count). The number of hydrogen-bond donors (Lipinski definition) is 2. The van der Waals surface area contributed by atoms with Crippen molar-refractivity contribution < 1.29 is 14.4 Å². The Kier molecular flexibility index (Phi) is 2.67. The van der Waals surface area contributed by atoms with Crippen LogP contribution in [0.25, 0.3) is 10.9 Å². The third-order valence-corrected chi connectivity index (χ3v) is 3.49. The van der Waals surface area contributed by atoms with E-state index in [2.05, 4.69) is 10.3 Å². The Morgan fingerprint density at radius 3 is 2.84 bits per heavy atom. The van der Waals surface area contributed by atoms with E-state index < -0.39 is 0 Å². The number of piperidine rings is 1. The van der Waals surface area contributed by atoms with Gasteiger partial charge in [0.1, 0.15) is 6.29 Å². The van der Waals surface area contributed by atoms with E-state index in [1.165, 1.54) is 0 Å². The highest BCUT2D eigenvalue weighted by atomic mass is 16.2. The normalized spacial score (nSPS) is 19.5. The van der Waals surface area contributed by atoms with E-state index in [-0.39, 0.29) is 17.7 Å². The van der Waals surface area contributed by atoms with E-state index in [9.17, 15) is 14.4 Å². The van der Waals surface area contributed by atoms with Gasteiger partial charge in [-0.3, -0.25) is 19.7 Å². The van der Waals surface area contributed by atoms with Crippen molar-refractivity contribution in [3.05, 3.63) is 35.5 Å². The van der Waals surface area contributed by atoms with Crippen molar-refractivity contribution in [3.63, 3.8) is 0 Å². The molecule has 1 aliphatic heterocycles. The van der Waals surface area contributed by atoms with Crippen LogP contribution in [0.5, 0.6) is 0 Å². The quantitative estimate of drug-likeness (QED) is 0.631. The van der Waals surface area contributed by atoms with Crippen molar-refractivity contribution in [2.45, 2.75) is 18.8 Å². The first-order chi connectivity index (χ1) is 9.19. The zero-order valence-corrected chi connectivity index (χ0v) is 10.1. The molecular formula is C14H12N2O3. The molecule has 0 bridgehead atoms. The molecule has 1 aromatic carbocycles. The zero-order valence-electron chi connectivity index (χ0n) is 10.1. The molecule has 2 N–H and O–H groups in total. The molecule has 2 amide bonds. The van der Waals surface area contributed by atoms with Crippen LogP contribution < -0.4 is 5.32 Å². The second kappa shape index (κ2) is 4.35. The highest BCUT2D eigenvalue weighted by molar-refractivity contribution is 6.03. The number of benzene rings is 1. The van der Waals surface area contributed by atoms with Crippen molar-refractivity contribution in [1.29, 1.82) is 0 Å². The van der Waals surface area contributed by atoms with Gasteiger partial charge in [-0.05, 0) is 18.1 Å². The first-order valence-corrected chi connectivity index (χ1v) is 6.09. The van der Waals surface area contributed by atoms with Crippen LogP contribution in [0.3, 0.4) is 0 Å². The molecule has 0 radical (unpaired) electrons. The molecule has 1 atom stereocenters. The number of carbonyl (C=O) groups excluding carboxylic acids is 3. The highest BCUT2D eigenvalue weighted by Crippen LogP contribution is 2.31. The topological polar surface area (TPSA) is 79.0 Å². The minimum Gasteiger partial charge on any atom is -0.361 e.